The van der Waals surface area contributed by atoms with Gasteiger partial charge in [0.2, 0.25) is 5.91 Å². The highest BCUT2D eigenvalue weighted by atomic mass is 16.2. The van der Waals surface area contributed by atoms with E-state index < -0.39 is 11.5 Å². The van der Waals surface area contributed by atoms with E-state index in [1.165, 1.54) is 0 Å². The first-order valence-electron chi connectivity index (χ1n) is 7.56. The van der Waals surface area contributed by atoms with E-state index in [1.807, 2.05) is 13.8 Å². The molecule has 0 spiro atoms. The van der Waals surface area contributed by atoms with Crippen molar-refractivity contribution in [2.45, 2.75) is 39.3 Å². The van der Waals surface area contributed by atoms with Crippen LogP contribution in [0.25, 0.3) is 10.8 Å². The molecule has 1 heterocycles. The zero-order chi connectivity index (χ0) is 17.0. The van der Waals surface area contributed by atoms with Crippen molar-refractivity contribution >= 4 is 22.6 Å². The Bertz CT molecular complexity index is 794. The molecule has 0 bridgehead atoms. The van der Waals surface area contributed by atoms with Crippen LogP contribution in [-0.4, -0.2) is 27.6 Å². The Hall–Kier alpha value is -2.70. The normalized spacial score (nSPS) is 10.9. The van der Waals surface area contributed by atoms with Gasteiger partial charge in [-0.1, -0.05) is 32.0 Å². The van der Waals surface area contributed by atoms with E-state index in [0.29, 0.717) is 10.8 Å². The largest absolute Gasteiger partial charge is 0.364 e. The van der Waals surface area contributed by atoms with Crippen molar-refractivity contribution in [2.24, 2.45) is 5.73 Å². The smallest absolute Gasteiger partial charge is 0.275 e. The molecule has 0 radical (unpaired) electrons. The number of benzene rings is 1. The zero-order valence-electron chi connectivity index (χ0n) is 13.2. The fourth-order valence-corrected chi connectivity index (χ4v) is 2.43. The minimum absolute atomic E-state index is 0.0180. The number of amides is 2. The van der Waals surface area contributed by atoms with E-state index in [0.717, 1.165) is 17.5 Å². The molecule has 0 saturated heterocycles. The molecule has 2 rings (SSSR count). The standard InChI is InChI=1S/C16H20N4O3/c1-3-10(4-2)18-13(21)9-20-16(23)12-8-6-5-7-11(12)14(19-20)15(17)22/h5-8,10H,3-4,9H2,1-2H3,(H2,17,22)(H,18,21). The molecular weight excluding hydrogens is 296 g/mol. The number of fused-ring (bicyclic) bond motifs is 1. The van der Waals surface area contributed by atoms with E-state index in [9.17, 15) is 14.4 Å². The van der Waals surface area contributed by atoms with Gasteiger partial charge in [0.25, 0.3) is 11.5 Å². The summed E-state index contributed by atoms with van der Waals surface area (Å²) in [6.07, 6.45) is 1.60. The molecule has 0 saturated carbocycles. The molecule has 2 amide bonds. The van der Waals surface area contributed by atoms with Gasteiger partial charge in [-0.3, -0.25) is 14.4 Å². The highest BCUT2D eigenvalue weighted by Gasteiger charge is 2.16. The van der Waals surface area contributed by atoms with Gasteiger partial charge in [-0.2, -0.15) is 5.10 Å². The van der Waals surface area contributed by atoms with Crippen molar-refractivity contribution < 1.29 is 9.59 Å². The van der Waals surface area contributed by atoms with Crippen LogP contribution in [-0.2, 0) is 11.3 Å². The van der Waals surface area contributed by atoms with E-state index in [2.05, 4.69) is 10.4 Å². The minimum Gasteiger partial charge on any atom is -0.364 e. The van der Waals surface area contributed by atoms with Gasteiger partial charge in [-0.05, 0) is 18.9 Å². The highest BCUT2D eigenvalue weighted by molar-refractivity contribution is 6.04. The van der Waals surface area contributed by atoms with Crippen LogP contribution in [0.3, 0.4) is 0 Å². The van der Waals surface area contributed by atoms with Crippen molar-refractivity contribution in [3.63, 3.8) is 0 Å². The quantitative estimate of drug-likeness (QED) is 0.822. The Balaban J connectivity index is 2.41. The molecule has 1 aromatic heterocycles. The molecular formula is C16H20N4O3. The third-order valence-electron chi connectivity index (χ3n) is 3.75. The van der Waals surface area contributed by atoms with Gasteiger partial charge in [-0.15, -0.1) is 0 Å². The molecule has 3 N–H and O–H groups in total. The second kappa shape index (κ2) is 7.04. The Kier molecular flexibility index (Phi) is 5.10. The molecule has 2 aromatic rings. The lowest BCUT2D eigenvalue weighted by Gasteiger charge is -2.15. The van der Waals surface area contributed by atoms with Crippen molar-refractivity contribution in [1.29, 1.82) is 0 Å². The molecule has 0 atom stereocenters. The fraction of sp³-hybridized carbons (Fsp3) is 0.375. The molecule has 0 aliphatic rings. The number of primary amides is 1. The molecule has 1 aromatic carbocycles. The maximum absolute atomic E-state index is 12.4. The summed E-state index contributed by atoms with van der Waals surface area (Å²) in [5, 5.41) is 7.50. The lowest BCUT2D eigenvalue weighted by molar-refractivity contribution is -0.122. The number of rotatable bonds is 6. The summed E-state index contributed by atoms with van der Waals surface area (Å²) in [5.74, 6) is -1.06. The van der Waals surface area contributed by atoms with Gasteiger partial charge in [-0.25, -0.2) is 4.68 Å². The van der Waals surface area contributed by atoms with Crippen LogP contribution in [0.1, 0.15) is 37.2 Å². The zero-order valence-corrected chi connectivity index (χ0v) is 13.2. The molecule has 7 heteroatoms. The van der Waals surface area contributed by atoms with Crippen LogP contribution >= 0.6 is 0 Å². The number of nitrogens with one attached hydrogen (secondary N) is 1. The first-order chi connectivity index (χ1) is 11.0. The average molecular weight is 316 g/mol. The van der Waals surface area contributed by atoms with Gasteiger partial charge in [0.05, 0.1) is 5.39 Å². The van der Waals surface area contributed by atoms with E-state index in [4.69, 9.17) is 5.73 Å². The van der Waals surface area contributed by atoms with Gasteiger partial charge >= 0.3 is 0 Å². The highest BCUT2D eigenvalue weighted by Crippen LogP contribution is 2.12. The third kappa shape index (κ3) is 3.56. The van der Waals surface area contributed by atoms with Crippen molar-refractivity contribution in [1.82, 2.24) is 15.1 Å². The van der Waals surface area contributed by atoms with Gasteiger partial charge in [0.1, 0.15) is 6.54 Å². The molecule has 23 heavy (non-hydrogen) atoms. The predicted octanol–water partition coefficient (Wildman–Crippen LogP) is 0.800. The van der Waals surface area contributed by atoms with Crippen LogP contribution < -0.4 is 16.6 Å². The summed E-state index contributed by atoms with van der Waals surface area (Å²) < 4.78 is 0.986. The molecule has 0 aliphatic carbocycles. The Morgan fingerprint density at radius 1 is 1.22 bits per heavy atom. The summed E-state index contributed by atoms with van der Waals surface area (Å²) in [7, 11) is 0. The Labute approximate surface area is 133 Å². The first kappa shape index (κ1) is 16.7. The summed E-state index contributed by atoms with van der Waals surface area (Å²) in [6, 6.07) is 6.62. The summed E-state index contributed by atoms with van der Waals surface area (Å²) in [4.78, 5) is 36.1. The van der Waals surface area contributed by atoms with Crippen LogP contribution in [0.4, 0.5) is 0 Å². The Morgan fingerprint density at radius 2 is 1.83 bits per heavy atom. The van der Waals surface area contributed by atoms with Crippen LogP contribution in [0.15, 0.2) is 29.1 Å². The molecule has 7 nitrogen and oxygen atoms in total. The van der Waals surface area contributed by atoms with E-state index in [1.54, 1.807) is 24.3 Å². The molecule has 0 unspecified atom stereocenters. The van der Waals surface area contributed by atoms with Gasteiger partial charge < -0.3 is 11.1 Å². The topological polar surface area (TPSA) is 107 Å². The number of nitrogens with zero attached hydrogens (tertiary/aromatic N) is 2. The van der Waals surface area contributed by atoms with E-state index in [-0.39, 0.29) is 24.2 Å². The maximum atomic E-state index is 12.4. The lowest BCUT2D eigenvalue weighted by atomic mass is 10.1. The SMILES string of the molecule is CCC(CC)NC(=O)Cn1nc(C(N)=O)c2ccccc2c1=O. The van der Waals surface area contributed by atoms with Gasteiger partial charge in [0, 0.05) is 11.4 Å². The first-order valence-corrected chi connectivity index (χ1v) is 7.56. The number of aromatic nitrogens is 2. The number of nitrogens with two attached hydrogens (primary N) is 1. The molecule has 0 fully saturated rings. The van der Waals surface area contributed by atoms with E-state index >= 15 is 0 Å². The minimum atomic E-state index is -0.740. The molecule has 0 aliphatic heterocycles. The second-order valence-corrected chi connectivity index (χ2v) is 5.30. The number of carbonyl (C=O) groups is 2. The summed E-state index contributed by atoms with van der Waals surface area (Å²) in [6.45, 7) is 3.70. The Morgan fingerprint density at radius 3 is 2.39 bits per heavy atom. The van der Waals surface area contributed by atoms with Gasteiger partial charge in [0.15, 0.2) is 5.69 Å². The second-order valence-electron chi connectivity index (χ2n) is 5.30. The third-order valence-corrected chi connectivity index (χ3v) is 3.75. The lowest BCUT2D eigenvalue weighted by Crippen LogP contribution is -2.39. The average Bonchev–Trinajstić information content (AvgIpc) is 2.55. The summed E-state index contributed by atoms with van der Waals surface area (Å²) in [5.41, 5.74) is 4.89. The number of hydrogen-bond acceptors (Lipinski definition) is 4. The number of carbonyl (C=O) groups excluding carboxylic acids is 2. The molecule has 122 valence electrons. The number of hydrogen-bond donors (Lipinski definition) is 2. The van der Waals surface area contributed by atoms with Crippen molar-refractivity contribution in [3.8, 4) is 0 Å². The van der Waals surface area contributed by atoms with Crippen molar-refractivity contribution in [2.75, 3.05) is 0 Å². The van der Waals surface area contributed by atoms with Crippen molar-refractivity contribution in [3.05, 3.63) is 40.3 Å². The predicted molar refractivity (Wildman–Crippen MR) is 87.0 cm³/mol. The van der Waals surface area contributed by atoms with Crippen LogP contribution in [0, 0.1) is 0 Å². The maximum Gasteiger partial charge on any atom is 0.275 e. The summed E-state index contributed by atoms with van der Waals surface area (Å²) >= 11 is 0. The van der Waals surface area contributed by atoms with Crippen LogP contribution in [0.5, 0.6) is 0 Å². The fourth-order valence-electron chi connectivity index (χ4n) is 2.43. The monoisotopic (exact) mass is 316 g/mol. The van der Waals surface area contributed by atoms with Crippen LogP contribution in [0.2, 0.25) is 0 Å².